The Morgan fingerprint density at radius 1 is 1.39 bits per heavy atom. The first kappa shape index (κ1) is 15.0. The fourth-order valence-electron chi connectivity index (χ4n) is 2.28. The molecule has 1 aliphatic rings. The van der Waals surface area contributed by atoms with Crippen molar-refractivity contribution in [3.05, 3.63) is 0 Å². The minimum Gasteiger partial charge on any atom is -0.467 e. The molecule has 3 N–H and O–H groups in total. The van der Waals surface area contributed by atoms with E-state index in [2.05, 4.69) is 5.32 Å². The third kappa shape index (κ3) is 2.66. The summed E-state index contributed by atoms with van der Waals surface area (Å²) in [5, 5.41) is 2.78. The molecule has 1 fully saturated rings. The molecule has 1 amide bonds. The van der Waals surface area contributed by atoms with Gasteiger partial charge in [0.15, 0.2) is 0 Å². The van der Waals surface area contributed by atoms with E-state index in [1.807, 2.05) is 27.7 Å². The van der Waals surface area contributed by atoms with E-state index in [0.717, 1.165) is 0 Å². The Morgan fingerprint density at radius 3 is 2.28 bits per heavy atom. The van der Waals surface area contributed by atoms with Gasteiger partial charge in [0.25, 0.3) is 0 Å². The molecule has 18 heavy (non-hydrogen) atoms. The van der Waals surface area contributed by atoms with Crippen molar-refractivity contribution in [3.63, 3.8) is 0 Å². The van der Waals surface area contributed by atoms with Gasteiger partial charge in [-0.05, 0) is 17.8 Å². The number of nitrogens with two attached hydrogens (primary N) is 1. The van der Waals surface area contributed by atoms with Crippen LogP contribution in [0.25, 0.3) is 0 Å². The number of rotatable bonds is 4. The minimum absolute atomic E-state index is 0.00161. The summed E-state index contributed by atoms with van der Waals surface area (Å²) < 4.78 is 4.70. The van der Waals surface area contributed by atoms with Crippen LogP contribution in [0.15, 0.2) is 0 Å². The molecule has 0 radical (unpaired) electrons. The Kier molecular flexibility index (Phi) is 4.37. The Balaban J connectivity index is 2.66. The number of hydrogen-bond acceptors (Lipinski definition) is 4. The van der Waals surface area contributed by atoms with E-state index < -0.39 is 12.0 Å². The fraction of sp³-hybridized carbons (Fsp3) is 0.846. The third-order valence-corrected chi connectivity index (χ3v) is 4.08. The van der Waals surface area contributed by atoms with Crippen molar-refractivity contribution in [2.24, 2.45) is 23.0 Å². The van der Waals surface area contributed by atoms with Crippen LogP contribution in [0.2, 0.25) is 0 Å². The van der Waals surface area contributed by atoms with Gasteiger partial charge < -0.3 is 15.8 Å². The van der Waals surface area contributed by atoms with Gasteiger partial charge in [0.2, 0.25) is 5.91 Å². The first-order valence-corrected chi connectivity index (χ1v) is 6.35. The zero-order chi connectivity index (χ0) is 14.1. The standard InChI is InChI=1S/C13H24N2O3/c1-7(2)10(12(17)18-5)15-11(16)8-6-9(14)13(8,3)4/h7-10H,6,14H2,1-5H3,(H,15,16)/t8-,9-,10?/m1/s1. The number of nitrogens with one attached hydrogen (secondary N) is 1. The predicted molar refractivity (Wildman–Crippen MR) is 68.6 cm³/mol. The van der Waals surface area contributed by atoms with Gasteiger partial charge in [-0.2, -0.15) is 0 Å². The Hall–Kier alpha value is -1.10. The highest BCUT2D eigenvalue weighted by Crippen LogP contribution is 2.45. The lowest BCUT2D eigenvalue weighted by Gasteiger charge is -2.49. The van der Waals surface area contributed by atoms with Crippen LogP contribution in [-0.2, 0) is 14.3 Å². The lowest BCUT2D eigenvalue weighted by atomic mass is 9.58. The first-order chi connectivity index (χ1) is 8.21. The third-order valence-electron chi connectivity index (χ3n) is 4.08. The molecule has 5 heteroatoms. The van der Waals surface area contributed by atoms with E-state index in [9.17, 15) is 9.59 Å². The first-order valence-electron chi connectivity index (χ1n) is 6.35. The van der Waals surface area contributed by atoms with Gasteiger partial charge in [0.1, 0.15) is 6.04 Å². The molecule has 0 aliphatic heterocycles. The molecular formula is C13H24N2O3. The molecule has 1 saturated carbocycles. The number of esters is 1. The Morgan fingerprint density at radius 2 is 1.94 bits per heavy atom. The lowest BCUT2D eigenvalue weighted by molar-refractivity contribution is -0.149. The number of carbonyl (C=O) groups is 2. The van der Waals surface area contributed by atoms with Crippen molar-refractivity contribution >= 4 is 11.9 Å². The number of methoxy groups -OCH3 is 1. The summed E-state index contributed by atoms with van der Waals surface area (Å²) in [6.45, 7) is 7.71. The van der Waals surface area contributed by atoms with E-state index in [4.69, 9.17) is 10.5 Å². The molecule has 0 saturated heterocycles. The average Bonchev–Trinajstić information content (AvgIpc) is 2.31. The summed E-state index contributed by atoms with van der Waals surface area (Å²) in [4.78, 5) is 23.7. The molecule has 0 aromatic carbocycles. The lowest BCUT2D eigenvalue weighted by Crippen LogP contribution is -2.61. The highest BCUT2D eigenvalue weighted by atomic mass is 16.5. The van der Waals surface area contributed by atoms with Crippen LogP contribution in [0, 0.1) is 17.3 Å². The van der Waals surface area contributed by atoms with E-state index >= 15 is 0 Å². The fourth-order valence-corrected chi connectivity index (χ4v) is 2.28. The Bertz CT molecular complexity index is 339. The predicted octanol–water partition coefficient (Wildman–Crippen LogP) is 0.674. The van der Waals surface area contributed by atoms with Gasteiger partial charge in [-0.1, -0.05) is 27.7 Å². The van der Waals surface area contributed by atoms with Crippen LogP contribution in [-0.4, -0.2) is 31.1 Å². The van der Waals surface area contributed by atoms with Crippen molar-refractivity contribution < 1.29 is 14.3 Å². The summed E-state index contributed by atoms with van der Waals surface area (Å²) >= 11 is 0. The molecule has 0 heterocycles. The summed E-state index contributed by atoms with van der Waals surface area (Å²) in [7, 11) is 1.33. The summed E-state index contributed by atoms with van der Waals surface area (Å²) in [5.74, 6) is -0.637. The zero-order valence-corrected chi connectivity index (χ0v) is 11.8. The van der Waals surface area contributed by atoms with Crippen molar-refractivity contribution in [1.29, 1.82) is 0 Å². The SMILES string of the molecule is COC(=O)C(NC(=O)[C@H]1C[C@@H](N)C1(C)C)C(C)C. The van der Waals surface area contributed by atoms with Crippen LogP contribution in [0.4, 0.5) is 0 Å². The second kappa shape index (κ2) is 5.26. The summed E-state index contributed by atoms with van der Waals surface area (Å²) in [6, 6.07) is -0.543. The molecule has 1 rings (SSSR count). The minimum atomic E-state index is -0.588. The van der Waals surface area contributed by atoms with Crippen LogP contribution in [0.5, 0.6) is 0 Å². The van der Waals surface area contributed by atoms with Gasteiger partial charge in [-0.15, -0.1) is 0 Å². The molecule has 0 aromatic heterocycles. The second-order valence-electron chi connectivity index (χ2n) is 5.97. The maximum absolute atomic E-state index is 12.1. The largest absolute Gasteiger partial charge is 0.467 e. The maximum Gasteiger partial charge on any atom is 0.328 e. The van der Waals surface area contributed by atoms with Gasteiger partial charge in [-0.3, -0.25) is 4.79 Å². The molecule has 3 atom stereocenters. The number of carbonyl (C=O) groups excluding carboxylic acids is 2. The quantitative estimate of drug-likeness (QED) is 0.724. The van der Waals surface area contributed by atoms with Crippen LogP contribution < -0.4 is 11.1 Å². The highest BCUT2D eigenvalue weighted by molar-refractivity contribution is 5.87. The zero-order valence-electron chi connectivity index (χ0n) is 11.8. The Labute approximate surface area is 108 Å². The maximum atomic E-state index is 12.1. The van der Waals surface area contributed by atoms with Crippen LogP contribution in [0.3, 0.4) is 0 Å². The van der Waals surface area contributed by atoms with E-state index in [0.29, 0.717) is 6.42 Å². The van der Waals surface area contributed by atoms with Crippen LogP contribution >= 0.6 is 0 Å². The number of amides is 1. The van der Waals surface area contributed by atoms with Crippen LogP contribution in [0.1, 0.15) is 34.1 Å². The van der Waals surface area contributed by atoms with Crippen molar-refractivity contribution in [1.82, 2.24) is 5.32 Å². The van der Waals surface area contributed by atoms with Crippen molar-refractivity contribution in [3.8, 4) is 0 Å². The van der Waals surface area contributed by atoms with Gasteiger partial charge in [0.05, 0.1) is 7.11 Å². The number of hydrogen-bond donors (Lipinski definition) is 2. The molecule has 1 unspecified atom stereocenters. The highest BCUT2D eigenvalue weighted by Gasteiger charge is 2.50. The molecule has 1 aliphatic carbocycles. The van der Waals surface area contributed by atoms with Gasteiger partial charge >= 0.3 is 5.97 Å². The molecule has 0 aromatic rings. The van der Waals surface area contributed by atoms with Crippen molar-refractivity contribution in [2.45, 2.75) is 46.2 Å². The summed E-state index contributed by atoms with van der Waals surface area (Å²) in [6.07, 6.45) is 0.671. The van der Waals surface area contributed by atoms with E-state index in [1.54, 1.807) is 0 Å². The molecule has 5 nitrogen and oxygen atoms in total. The monoisotopic (exact) mass is 256 g/mol. The molecule has 0 bridgehead atoms. The van der Waals surface area contributed by atoms with E-state index in [1.165, 1.54) is 7.11 Å². The normalized spacial score (nSPS) is 27.3. The topological polar surface area (TPSA) is 81.4 Å². The molecular weight excluding hydrogens is 232 g/mol. The average molecular weight is 256 g/mol. The number of ether oxygens (including phenoxy) is 1. The van der Waals surface area contributed by atoms with Gasteiger partial charge in [-0.25, -0.2) is 4.79 Å². The summed E-state index contributed by atoms with van der Waals surface area (Å²) in [5.41, 5.74) is 5.68. The second-order valence-corrected chi connectivity index (χ2v) is 5.97. The smallest absolute Gasteiger partial charge is 0.328 e. The van der Waals surface area contributed by atoms with E-state index in [-0.39, 0.29) is 29.2 Å². The molecule has 0 spiro atoms. The van der Waals surface area contributed by atoms with Gasteiger partial charge in [0, 0.05) is 12.0 Å². The molecule has 104 valence electrons. The van der Waals surface area contributed by atoms with Crippen molar-refractivity contribution in [2.75, 3.05) is 7.11 Å².